The van der Waals surface area contributed by atoms with Crippen LogP contribution < -0.4 is 0 Å². The first kappa shape index (κ1) is 23.4. The second kappa shape index (κ2) is 11.9. The van der Waals surface area contributed by atoms with Gasteiger partial charge in [-0.1, -0.05) is 25.7 Å². The van der Waals surface area contributed by atoms with Crippen LogP contribution >= 0.6 is 0 Å². The van der Waals surface area contributed by atoms with E-state index in [1.807, 2.05) is 0 Å². The van der Waals surface area contributed by atoms with Gasteiger partial charge in [0, 0.05) is 0 Å². The highest BCUT2D eigenvalue weighted by atomic mass is 16.3. The molecule has 0 aliphatic heterocycles. The Morgan fingerprint density at radius 3 is 1.31 bits per heavy atom. The maximum Gasteiger partial charge on any atom is 0.238 e. The van der Waals surface area contributed by atoms with E-state index in [-0.39, 0.29) is 0 Å². The molecular weight excluding hydrogens is 344 g/mol. The lowest BCUT2D eigenvalue weighted by Crippen LogP contribution is -2.36. The molecule has 0 aromatic heterocycles. The summed E-state index contributed by atoms with van der Waals surface area (Å²) < 4.78 is 0. The van der Waals surface area contributed by atoms with Gasteiger partial charge in [0.2, 0.25) is 24.3 Å². The third kappa shape index (κ3) is 8.51. The normalized spacial score (nSPS) is 16.9. The molecular formula is C16H22N4O6. The van der Waals surface area contributed by atoms with Gasteiger partial charge in [-0.05, 0) is 26.7 Å². The summed E-state index contributed by atoms with van der Waals surface area (Å²) in [5, 5.41) is 19.9. The number of rotatable bonds is 13. The Morgan fingerprint density at radius 2 is 1.04 bits per heavy atom. The molecule has 26 heavy (non-hydrogen) atoms. The van der Waals surface area contributed by atoms with Gasteiger partial charge in [0.05, 0.1) is 0 Å². The molecule has 0 bridgehead atoms. The zero-order valence-electron chi connectivity index (χ0n) is 14.7. The van der Waals surface area contributed by atoms with Crippen LogP contribution in [0.1, 0.15) is 52.4 Å². The van der Waals surface area contributed by atoms with Crippen LogP contribution in [0.3, 0.4) is 0 Å². The summed E-state index contributed by atoms with van der Waals surface area (Å²) in [5.41, 5.74) is -3.65. The SMILES string of the molecule is CC(O)(N=C=O)C(CCCCCCC(N=C=O)C(C)(O)N=C=O)N=C=O. The maximum absolute atomic E-state index is 10.4. The topological polar surface area (TPSA) is 158 Å². The van der Waals surface area contributed by atoms with Crippen molar-refractivity contribution < 1.29 is 29.4 Å². The van der Waals surface area contributed by atoms with Crippen LogP contribution in [0, 0.1) is 0 Å². The lowest BCUT2D eigenvalue weighted by Gasteiger charge is -2.23. The van der Waals surface area contributed by atoms with E-state index in [9.17, 15) is 29.4 Å². The summed E-state index contributed by atoms with van der Waals surface area (Å²) in [6, 6.07) is -1.81. The molecule has 0 heterocycles. The zero-order valence-corrected chi connectivity index (χ0v) is 14.7. The van der Waals surface area contributed by atoms with Crippen molar-refractivity contribution in [1.29, 1.82) is 0 Å². The van der Waals surface area contributed by atoms with E-state index in [1.165, 1.54) is 38.2 Å². The summed E-state index contributed by atoms with van der Waals surface area (Å²) in [6.45, 7) is 2.50. The van der Waals surface area contributed by atoms with Crippen molar-refractivity contribution in [3.05, 3.63) is 0 Å². The zero-order chi connectivity index (χ0) is 20.1. The molecule has 0 saturated carbocycles. The van der Waals surface area contributed by atoms with Gasteiger partial charge < -0.3 is 10.2 Å². The van der Waals surface area contributed by atoms with E-state index < -0.39 is 23.5 Å². The third-order valence-electron chi connectivity index (χ3n) is 3.93. The maximum atomic E-state index is 10.4. The molecule has 0 amide bonds. The van der Waals surface area contributed by atoms with Crippen LogP contribution in [-0.4, -0.2) is 58.1 Å². The van der Waals surface area contributed by atoms with Crippen molar-refractivity contribution in [3.63, 3.8) is 0 Å². The highest BCUT2D eigenvalue weighted by molar-refractivity contribution is 5.37. The van der Waals surface area contributed by atoms with Gasteiger partial charge in [-0.15, -0.1) is 0 Å². The molecule has 2 N–H and O–H groups in total. The van der Waals surface area contributed by atoms with Crippen LogP contribution in [0.4, 0.5) is 0 Å². The average molecular weight is 366 g/mol. The molecule has 0 aliphatic rings. The van der Waals surface area contributed by atoms with Gasteiger partial charge in [-0.2, -0.15) is 20.0 Å². The van der Waals surface area contributed by atoms with Crippen LogP contribution in [0.2, 0.25) is 0 Å². The first-order chi connectivity index (χ1) is 12.2. The van der Waals surface area contributed by atoms with E-state index >= 15 is 0 Å². The van der Waals surface area contributed by atoms with Gasteiger partial charge in [0.25, 0.3) is 0 Å². The molecule has 0 aromatic rings. The molecule has 0 aliphatic carbocycles. The van der Waals surface area contributed by atoms with Crippen LogP contribution in [0.5, 0.6) is 0 Å². The van der Waals surface area contributed by atoms with Gasteiger partial charge in [0.1, 0.15) is 12.1 Å². The summed E-state index contributed by atoms with van der Waals surface area (Å²) in [4.78, 5) is 54.9. The van der Waals surface area contributed by atoms with Gasteiger partial charge in [-0.25, -0.2) is 19.2 Å². The lowest BCUT2D eigenvalue weighted by atomic mass is 9.97. The molecule has 10 heteroatoms. The lowest BCUT2D eigenvalue weighted by molar-refractivity contribution is 0.0375. The predicted molar refractivity (Wildman–Crippen MR) is 89.0 cm³/mol. The van der Waals surface area contributed by atoms with Crippen LogP contribution in [-0.2, 0) is 19.2 Å². The fraction of sp³-hybridized carbons (Fsp3) is 0.750. The molecule has 0 fully saturated rings. The standard InChI is InChI=1S/C16H22N4O6/c1-15(25,19-11-23)13(17-9-21)7-5-3-4-6-8-14(18-10-22)16(2,26)20-12-24/h13-14,25-26H,3-8H2,1-2H3. The minimum Gasteiger partial charge on any atom is -0.367 e. The summed E-state index contributed by atoms with van der Waals surface area (Å²) in [5.74, 6) is 0. The Morgan fingerprint density at radius 1 is 0.692 bits per heavy atom. The molecule has 0 spiro atoms. The Kier molecular flexibility index (Phi) is 10.7. The molecule has 142 valence electrons. The molecule has 0 saturated heterocycles. The second-order valence-corrected chi connectivity index (χ2v) is 6.06. The number of hydrogen-bond acceptors (Lipinski definition) is 10. The van der Waals surface area contributed by atoms with Crippen molar-refractivity contribution in [2.75, 3.05) is 0 Å². The number of unbranched alkanes of at least 4 members (excludes halogenated alkanes) is 3. The van der Waals surface area contributed by atoms with Crippen LogP contribution in [0.15, 0.2) is 20.0 Å². The molecule has 4 unspecified atom stereocenters. The predicted octanol–water partition coefficient (Wildman–Crippen LogP) is 0.824. The van der Waals surface area contributed by atoms with Gasteiger partial charge in [0.15, 0.2) is 11.4 Å². The van der Waals surface area contributed by atoms with E-state index in [2.05, 4.69) is 20.0 Å². The van der Waals surface area contributed by atoms with E-state index in [4.69, 9.17) is 0 Å². The number of nitrogens with zero attached hydrogens (tertiary/aromatic N) is 4. The average Bonchev–Trinajstić information content (AvgIpc) is 2.55. The van der Waals surface area contributed by atoms with Crippen molar-refractivity contribution in [3.8, 4) is 0 Å². The largest absolute Gasteiger partial charge is 0.367 e. The molecule has 4 atom stereocenters. The van der Waals surface area contributed by atoms with Crippen molar-refractivity contribution in [1.82, 2.24) is 0 Å². The first-order valence-corrected chi connectivity index (χ1v) is 8.02. The quantitative estimate of drug-likeness (QED) is 0.279. The Labute approximate surface area is 150 Å². The fourth-order valence-electron chi connectivity index (χ4n) is 2.41. The number of aliphatic imine (C=N–C) groups is 4. The Hall–Kier alpha value is -2.56. The van der Waals surface area contributed by atoms with Crippen LogP contribution in [0.25, 0.3) is 0 Å². The fourth-order valence-corrected chi connectivity index (χ4v) is 2.41. The van der Waals surface area contributed by atoms with E-state index in [0.29, 0.717) is 38.5 Å². The Balaban J connectivity index is 4.48. The first-order valence-electron chi connectivity index (χ1n) is 8.02. The van der Waals surface area contributed by atoms with E-state index in [0.717, 1.165) is 0 Å². The number of aliphatic hydroxyl groups is 2. The van der Waals surface area contributed by atoms with Crippen molar-refractivity contribution >= 4 is 24.3 Å². The summed E-state index contributed by atoms with van der Waals surface area (Å²) in [7, 11) is 0. The van der Waals surface area contributed by atoms with Crippen molar-refractivity contribution in [2.24, 2.45) is 20.0 Å². The summed E-state index contributed by atoms with van der Waals surface area (Å²) in [6.07, 6.45) is 8.30. The van der Waals surface area contributed by atoms with Gasteiger partial charge in [-0.3, -0.25) is 0 Å². The molecule has 10 nitrogen and oxygen atoms in total. The number of isocyanates is 4. The highest BCUT2D eigenvalue weighted by Gasteiger charge is 2.32. The Bertz CT molecular complexity index is 581. The van der Waals surface area contributed by atoms with Gasteiger partial charge >= 0.3 is 0 Å². The molecule has 0 radical (unpaired) electrons. The number of carbonyl (C=O) groups excluding carboxylic acids is 4. The molecule has 0 rings (SSSR count). The third-order valence-corrected chi connectivity index (χ3v) is 3.93. The van der Waals surface area contributed by atoms with E-state index in [1.54, 1.807) is 0 Å². The smallest absolute Gasteiger partial charge is 0.238 e. The molecule has 0 aromatic carbocycles. The second-order valence-electron chi connectivity index (χ2n) is 6.06. The minimum absolute atomic E-state index is 0.302. The minimum atomic E-state index is -1.82. The monoisotopic (exact) mass is 366 g/mol. The highest BCUT2D eigenvalue weighted by Crippen LogP contribution is 2.23. The summed E-state index contributed by atoms with van der Waals surface area (Å²) >= 11 is 0. The number of hydrogen-bond donors (Lipinski definition) is 2. The van der Waals surface area contributed by atoms with Crippen molar-refractivity contribution in [2.45, 2.75) is 75.9 Å².